The lowest BCUT2D eigenvalue weighted by atomic mass is 10.3. The molecule has 0 atom stereocenters. The molecule has 0 aliphatic carbocycles. The van der Waals surface area contributed by atoms with Crippen molar-refractivity contribution in [3.8, 4) is 5.75 Å². The van der Waals surface area contributed by atoms with E-state index in [0.29, 0.717) is 10.8 Å². The highest BCUT2D eigenvalue weighted by atomic mass is 35.5. The zero-order valence-corrected chi connectivity index (χ0v) is 18.0. The second-order valence-corrected chi connectivity index (χ2v) is 8.26. The Morgan fingerprint density at radius 2 is 1.67 bits per heavy atom. The third kappa shape index (κ3) is 6.34. The Bertz CT molecular complexity index is 965. The largest absolute Gasteiger partial charge is 0.497 e. The molecule has 0 bridgehead atoms. The average molecular weight is 456 g/mol. The number of imide groups is 1. The minimum absolute atomic E-state index is 0.0555. The summed E-state index contributed by atoms with van der Waals surface area (Å²) < 4.78 is 37.2. The lowest BCUT2D eigenvalue weighted by Gasteiger charge is -2.24. The van der Waals surface area contributed by atoms with E-state index >= 15 is 0 Å². The first-order chi connectivity index (χ1) is 14.3. The monoisotopic (exact) mass is 455 g/mol. The van der Waals surface area contributed by atoms with Crippen molar-refractivity contribution in [2.75, 3.05) is 38.2 Å². The first kappa shape index (κ1) is 23.5. The van der Waals surface area contributed by atoms with Crippen LogP contribution in [0.5, 0.6) is 5.75 Å². The Morgan fingerprint density at radius 3 is 2.23 bits per heavy atom. The number of anilines is 1. The van der Waals surface area contributed by atoms with Crippen LogP contribution in [0.15, 0.2) is 53.4 Å². The van der Waals surface area contributed by atoms with Gasteiger partial charge in [0, 0.05) is 18.7 Å². The molecule has 162 valence electrons. The summed E-state index contributed by atoms with van der Waals surface area (Å²) in [6.07, 6.45) is 0. The molecule has 0 radical (unpaired) electrons. The van der Waals surface area contributed by atoms with Crippen molar-refractivity contribution in [1.82, 2.24) is 10.6 Å². The molecule has 11 heteroatoms. The van der Waals surface area contributed by atoms with Gasteiger partial charge in [-0.3, -0.25) is 14.4 Å². The van der Waals surface area contributed by atoms with E-state index in [1.807, 2.05) is 0 Å². The quantitative estimate of drug-likeness (QED) is 0.559. The molecule has 30 heavy (non-hydrogen) atoms. The molecule has 0 aliphatic heterocycles. The normalized spacial score (nSPS) is 10.9. The minimum Gasteiger partial charge on any atom is -0.497 e. The average Bonchev–Trinajstić information content (AvgIpc) is 2.72. The number of sulfonamides is 1. The summed E-state index contributed by atoms with van der Waals surface area (Å²) in [5.74, 6) is -0.289. The van der Waals surface area contributed by atoms with Crippen LogP contribution in [0.1, 0.15) is 0 Å². The van der Waals surface area contributed by atoms with Crippen LogP contribution in [-0.2, 0) is 19.6 Å². The van der Waals surface area contributed by atoms with E-state index < -0.39 is 28.5 Å². The van der Waals surface area contributed by atoms with E-state index in [9.17, 15) is 18.0 Å². The zero-order valence-electron chi connectivity index (χ0n) is 16.4. The number of hydrogen-bond acceptors (Lipinski definition) is 6. The molecule has 2 aromatic rings. The van der Waals surface area contributed by atoms with E-state index in [-0.39, 0.29) is 23.7 Å². The highest BCUT2D eigenvalue weighted by Gasteiger charge is 2.27. The molecule has 0 unspecified atom stereocenters. The van der Waals surface area contributed by atoms with Crippen LogP contribution in [0, 0.1) is 0 Å². The summed E-state index contributed by atoms with van der Waals surface area (Å²) >= 11 is 5.85. The minimum atomic E-state index is -4.12. The maximum atomic E-state index is 13.2. The summed E-state index contributed by atoms with van der Waals surface area (Å²) in [6.45, 7) is -0.152. The van der Waals surface area contributed by atoms with Gasteiger partial charge in [0.25, 0.3) is 10.0 Å². The van der Waals surface area contributed by atoms with E-state index in [1.54, 1.807) is 12.1 Å². The molecular weight excluding hydrogens is 434 g/mol. The predicted molar refractivity (Wildman–Crippen MR) is 112 cm³/mol. The van der Waals surface area contributed by atoms with Crippen molar-refractivity contribution in [2.24, 2.45) is 0 Å². The van der Waals surface area contributed by atoms with Crippen molar-refractivity contribution >= 4 is 39.2 Å². The molecule has 2 N–H and O–H groups in total. The SMILES string of the molecule is COCCNC(=O)NC(=O)CN(c1ccc(OC)cc1)S(=O)(=O)c1ccc(Cl)cc1. The molecule has 0 saturated heterocycles. The Hall–Kier alpha value is -2.82. The maximum absolute atomic E-state index is 13.2. The van der Waals surface area contributed by atoms with Gasteiger partial charge in [0.05, 0.1) is 24.3 Å². The van der Waals surface area contributed by atoms with E-state index in [0.717, 1.165) is 4.31 Å². The van der Waals surface area contributed by atoms with Crippen LogP contribution in [0.3, 0.4) is 0 Å². The van der Waals surface area contributed by atoms with Gasteiger partial charge >= 0.3 is 6.03 Å². The Kier molecular flexibility index (Phi) is 8.46. The van der Waals surface area contributed by atoms with Crippen LogP contribution in [-0.4, -0.2) is 54.3 Å². The van der Waals surface area contributed by atoms with E-state index in [2.05, 4.69) is 10.6 Å². The highest BCUT2D eigenvalue weighted by molar-refractivity contribution is 7.92. The molecular formula is C19H22ClN3O6S. The second-order valence-electron chi connectivity index (χ2n) is 5.96. The number of amides is 3. The summed E-state index contributed by atoms with van der Waals surface area (Å²) in [7, 11) is -1.17. The summed E-state index contributed by atoms with van der Waals surface area (Å²) in [6, 6.07) is 10.9. The van der Waals surface area contributed by atoms with Crippen LogP contribution in [0.25, 0.3) is 0 Å². The van der Waals surface area contributed by atoms with Gasteiger partial charge < -0.3 is 14.8 Å². The van der Waals surface area contributed by atoms with Gasteiger partial charge in [0.15, 0.2) is 0 Å². The van der Waals surface area contributed by atoms with Gasteiger partial charge in [0.2, 0.25) is 5.91 Å². The lowest BCUT2D eigenvalue weighted by Crippen LogP contribution is -2.46. The fraction of sp³-hybridized carbons (Fsp3) is 0.263. The Morgan fingerprint density at radius 1 is 1.03 bits per heavy atom. The van der Waals surface area contributed by atoms with Crippen molar-refractivity contribution in [1.29, 1.82) is 0 Å². The smallest absolute Gasteiger partial charge is 0.321 e. The van der Waals surface area contributed by atoms with Crippen molar-refractivity contribution in [3.63, 3.8) is 0 Å². The third-order valence-electron chi connectivity index (χ3n) is 3.89. The summed E-state index contributed by atoms with van der Waals surface area (Å²) in [5, 5.41) is 4.89. The third-order valence-corrected chi connectivity index (χ3v) is 5.93. The van der Waals surface area contributed by atoms with Gasteiger partial charge in [-0.15, -0.1) is 0 Å². The number of benzene rings is 2. The number of carbonyl (C=O) groups is 2. The van der Waals surface area contributed by atoms with Crippen molar-refractivity contribution in [2.45, 2.75) is 4.90 Å². The van der Waals surface area contributed by atoms with E-state index in [4.69, 9.17) is 21.1 Å². The van der Waals surface area contributed by atoms with Gasteiger partial charge in [-0.1, -0.05) is 11.6 Å². The fourth-order valence-electron chi connectivity index (χ4n) is 2.40. The van der Waals surface area contributed by atoms with Crippen LogP contribution in [0.2, 0.25) is 5.02 Å². The summed E-state index contributed by atoms with van der Waals surface area (Å²) in [5.41, 5.74) is 0.223. The van der Waals surface area contributed by atoms with Gasteiger partial charge in [0.1, 0.15) is 12.3 Å². The Labute approximate surface area is 180 Å². The molecule has 0 fully saturated rings. The number of rotatable bonds is 9. The van der Waals surface area contributed by atoms with Crippen LogP contribution < -0.4 is 19.7 Å². The lowest BCUT2D eigenvalue weighted by molar-refractivity contribution is -0.118. The molecule has 2 rings (SSSR count). The molecule has 0 aliphatic rings. The number of ether oxygens (including phenoxy) is 2. The second kappa shape index (κ2) is 10.8. The molecule has 9 nitrogen and oxygen atoms in total. The van der Waals surface area contributed by atoms with Gasteiger partial charge in [-0.25, -0.2) is 13.2 Å². The van der Waals surface area contributed by atoms with Gasteiger partial charge in [-0.2, -0.15) is 0 Å². The number of methoxy groups -OCH3 is 2. The molecule has 3 amide bonds. The predicted octanol–water partition coefficient (Wildman–Crippen LogP) is 2.02. The van der Waals surface area contributed by atoms with Crippen molar-refractivity contribution < 1.29 is 27.5 Å². The Balaban J connectivity index is 2.28. The van der Waals surface area contributed by atoms with Crippen LogP contribution >= 0.6 is 11.6 Å². The highest BCUT2D eigenvalue weighted by Crippen LogP contribution is 2.26. The van der Waals surface area contributed by atoms with Gasteiger partial charge in [-0.05, 0) is 48.5 Å². The number of hydrogen-bond donors (Lipinski definition) is 2. The number of urea groups is 1. The molecule has 0 aromatic heterocycles. The molecule has 0 heterocycles. The van der Waals surface area contributed by atoms with Crippen LogP contribution in [0.4, 0.5) is 10.5 Å². The molecule has 0 saturated carbocycles. The summed E-state index contributed by atoms with van der Waals surface area (Å²) in [4.78, 5) is 24.1. The van der Waals surface area contributed by atoms with Crippen molar-refractivity contribution in [3.05, 3.63) is 53.6 Å². The topological polar surface area (TPSA) is 114 Å². The molecule has 0 spiro atoms. The number of halogens is 1. The van der Waals surface area contributed by atoms with E-state index in [1.165, 1.54) is 50.6 Å². The number of carbonyl (C=O) groups excluding carboxylic acids is 2. The fourth-order valence-corrected chi connectivity index (χ4v) is 3.95. The maximum Gasteiger partial charge on any atom is 0.321 e. The first-order valence-electron chi connectivity index (χ1n) is 8.77. The number of nitrogens with zero attached hydrogens (tertiary/aromatic N) is 1. The zero-order chi connectivity index (χ0) is 22.1. The number of nitrogens with one attached hydrogen (secondary N) is 2. The standard InChI is InChI=1S/C19H22ClN3O6S/c1-28-12-11-21-19(25)22-18(24)13-23(15-5-7-16(29-2)8-6-15)30(26,27)17-9-3-14(20)4-10-17/h3-10H,11-13H2,1-2H3,(H2,21,22,24,25). The molecule has 2 aromatic carbocycles. The first-order valence-corrected chi connectivity index (χ1v) is 10.6.